The average molecular weight is 567 g/mol. The highest BCUT2D eigenvalue weighted by Crippen LogP contribution is 2.36. The van der Waals surface area contributed by atoms with Crippen LogP contribution in [0.1, 0.15) is 42.0 Å². The fourth-order valence-corrected chi connectivity index (χ4v) is 4.03. The molecule has 10 heteroatoms. The third-order valence-electron chi connectivity index (χ3n) is 5.40. The topological polar surface area (TPSA) is 107 Å². The Morgan fingerprint density at radius 2 is 1.17 bits per heavy atom. The Hall–Kier alpha value is -3.27. The van der Waals surface area contributed by atoms with Gasteiger partial charge in [-0.05, 0) is 59.4 Å². The van der Waals surface area contributed by atoms with E-state index < -0.39 is 5.97 Å². The molecule has 0 aliphatic heterocycles. The summed E-state index contributed by atoms with van der Waals surface area (Å²) in [7, 11) is 5.70. The minimum absolute atomic E-state index is 0.119. The summed E-state index contributed by atoms with van der Waals surface area (Å²) in [6.07, 6.45) is 1.18. The first kappa shape index (κ1) is 29.0. The molecule has 0 aliphatic rings. The molecule has 0 bridgehead atoms. The summed E-state index contributed by atoms with van der Waals surface area (Å²) < 4.78 is 31.9. The second-order valence-electron chi connectivity index (χ2n) is 7.71. The number of ether oxygens (including phenoxy) is 6. The fraction of sp³-hybridized carbons (Fsp3) is 0.423. The van der Waals surface area contributed by atoms with E-state index in [0.29, 0.717) is 35.4 Å². The molecule has 0 unspecified atom stereocenters. The van der Waals surface area contributed by atoms with Gasteiger partial charge in [-0.15, -0.1) is 0 Å². The van der Waals surface area contributed by atoms with Crippen molar-refractivity contribution in [3.8, 4) is 23.0 Å². The molecule has 0 saturated heterocycles. The van der Waals surface area contributed by atoms with Crippen LogP contribution in [0.2, 0.25) is 0 Å². The number of carbonyl (C=O) groups is 3. The monoisotopic (exact) mass is 566 g/mol. The van der Waals surface area contributed by atoms with Crippen LogP contribution in [0.4, 0.5) is 0 Å². The van der Waals surface area contributed by atoms with Crippen molar-refractivity contribution in [2.24, 2.45) is 0 Å². The van der Waals surface area contributed by atoms with Crippen molar-refractivity contribution in [1.29, 1.82) is 0 Å². The molecule has 36 heavy (non-hydrogen) atoms. The maximum atomic E-state index is 11.8. The van der Waals surface area contributed by atoms with Gasteiger partial charge in [0.25, 0.3) is 0 Å². The number of esters is 3. The Morgan fingerprint density at radius 3 is 1.67 bits per heavy atom. The van der Waals surface area contributed by atoms with Crippen LogP contribution in [0.25, 0.3) is 0 Å². The van der Waals surface area contributed by atoms with Gasteiger partial charge < -0.3 is 28.4 Å². The fourth-order valence-electron chi connectivity index (χ4n) is 3.51. The first-order valence-electron chi connectivity index (χ1n) is 11.2. The minimum Gasteiger partial charge on any atom is -0.493 e. The predicted molar refractivity (Wildman–Crippen MR) is 135 cm³/mol. The molecule has 2 aromatic rings. The first-order chi connectivity index (χ1) is 17.3. The number of hydrogen-bond acceptors (Lipinski definition) is 9. The number of halogens is 1. The van der Waals surface area contributed by atoms with Crippen LogP contribution in [0, 0.1) is 0 Å². The molecule has 0 N–H and O–H groups in total. The van der Waals surface area contributed by atoms with E-state index in [1.54, 1.807) is 19.2 Å². The van der Waals surface area contributed by atoms with E-state index in [1.165, 1.54) is 28.3 Å². The Morgan fingerprint density at radius 1 is 0.694 bits per heavy atom. The van der Waals surface area contributed by atoms with Gasteiger partial charge in [0.05, 0.1) is 28.4 Å². The molecule has 2 aromatic carbocycles. The molecule has 0 saturated carbocycles. The molecule has 196 valence electrons. The van der Waals surface area contributed by atoms with Gasteiger partial charge in [-0.2, -0.15) is 0 Å². The highest BCUT2D eigenvalue weighted by atomic mass is 79.9. The summed E-state index contributed by atoms with van der Waals surface area (Å²) >= 11 is 3.48. The van der Waals surface area contributed by atoms with Crippen molar-refractivity contribution in [2.45, 2.75) is 44.5 Å². The van der Waals surface area contributed by atoms with Crippen LogP contribution < -0.4 is 18.9 Å². The second-order valence-corrected chi connectivity index (χ2v) is 8.27. The number of benzene rings is 2. The summed E-state index contributed by atoms with van der Waals surface area (Å²) in [5.41, 5.74) is 3.35. The zero-order chi connectivity index (χ0) is 26.7. The SMILES string of the molecule is COC(=O)CCc1cc(OCc2cc(OC)c(OC(C)=O)cc2CCC(=O)OC)c(OC)cc1CBr. The van der Waals surface area contributed by atoms with Crippen molar-refractivity contribution in [3.05, 3.63) is 46.5 Å². The van der Waals surface area contributed by atoms with Gasteiger partial charge in [0.1, 0.15) is 6.61 Å². The smallest absolute Gasteiger partial charge is 0.308 e. The lowest BCUT2D eigenvalue weighted by molar-refractivity contribution is -0.141. The van der Waals surface area contributed by atoms with Gasteiger partial charge in [-0.3, -0.25) is 14.4 Å². The molecule has 0 fully saturated rings. The van der Waals surface area contributed by atoms with Gasteiger partial charge in [0.2, 0.25) is 0 Å². The standard InChI is InChI=1S/C26H31BrO9/c1-16(28)36-24-11-18(7-9-26(30)34-5)20(13-22(24)32-3)15-35-23-10-17(6-8-25(29)33-4)19(14-27)12-21(23)31-2/h10-13H,6-9,14-15H2,1-5H3. The predicted octanol–water partition coefficient (Wildman–Crippen LogP) is 4.31. The molecular weight excluding hydrogens is 536 g/mol. The van der Waals surface area contributed by atoms with Gasteiger partial charge in [-0.1, -0.05) is 15.9 Å². The number of carbonyl (C=O) groups excluding carboxylic acids is 3. The summed E-state index contributed by atoms with van der Waals surface area (Å²) in [6.45, 7) is 1.42. The molecular formula is C26H31BrO9. The third-order valence-corrected chi connectivity index (χ3v) is 6.01. The normalized spacial score (nSPS) is 10.4. The number of rotatable bonds is 13. The first-order valence-corrected chi connectivity index (χ1v) is 12.3. The maximum absolute atomic E-state index is 11.8. The summed E-state index contributed by atoms with van der Waals surface area (Å²) in [5, 5.41) is 0.576. The molecule has 2 rings (SSSR count). The van der Waals surface area contributed by atoms with E-state index >= 15 is 0 Å². The van der Waals surface area contributed by atoms with Crippen LogP contribution >= 0.6 is 15.9 Å². The van der Waals surface area contributed by atoms with E-state index in [0.717, 1.165) is 22.3 Å². The number of alkyl halides is 1. The van der Waals surface area contributed by atoms with Gasteiger partial charge in [0.15, 0.2) is 23.0 Å². The van der Waals surface area contributed by atoms with Crippen LogP contribution in [0.5, 0.6) is 23.0 Å². The molecule has 0 aromatic heterocycles. The Labute approximate surface area is 219 Å². The van der Waals surface area contributed by atoms with Crippen molar-refractivity contribution in [3.63, 3.8) is 0 Å². The lowest BCUT2D eigenvalue weighted by Gasteiger charge is -2.18. The Bertz CT molecular complexity index is 1080. The molecule has 0 spiro atoms. The average Bonchev–Trinajstić information content (AvgIpc) is 2.88. The van der Waals surface area contributed by atoms with Crippen LogP contribution in [-0.2, 0) is 48.6 Å². The van der Waals surface area contributed by atoms with Gasteiger partial charge in [0, 0.05) is 25.1 Å². The van der Waals surface area contributed by atoms with Crippen LogP contribution in [-0.4, -0.2) is 46.3 Å². The van der Waals surface area contributed by atoms with Crippen LogP contribution in [0.15, 0.2) is 24.3 Å². The van der Waals surface area contributed by atoms with Crippen molar-refractivity contribution in [2.75, 3.05) is 28.4 Å². The highest BCUT2D eigenvalue weighted by molar-refractivity contribution is 9.08. The quantitative estimate of drug-likeness (QED) is 0.199. The number of aryl methyl sites for hydroxylation is 2. The van der Waals surface area contributed by atoms with E-state index in [1.807, 2.05) is 12.1 Å². The van der Waals surface area contributed by atoms with Crippen molar-refractivity contribution >= 4 is 33.8 Å². The van der Waals surface area contributed by atoms with Gasteiger partial charge in [-0.25, -0.2) is 0 Å². The molecule has 9 nitrogen and oxygen atoms in total. The zero-order valence-electron chi connectivity index (χ0n) is 21.1. The number of methoxy groups -OCH3 is 4. The molecule has 0 amide bonds. The Balaban J connectivity index is 2.40. The van der Waals surface area contributed by atoms with E-state index in [4.69, 9.17) is 28.4 Å². The zero-order valence-corrected chi connectivity index (χ0v) is 22.7. The summed E-state index contributed by atoms with van der Waals surface area (Å²) in [4.78, 5) is 35.0. The summed E-state index contributed by atoms with van der Waals surface area (Å²) in [5.74, 6) is 0.462. The molecule has 0 radical (unpaired) electrons. The molecule has 0 aliphatic carbocycles. The van der Waals surface area contributed by atoms with E-state index in [-0.39, 0.29) is 37.1 Å². The minimum atomic E-state index is -0.493. The molecule has 0 heterocycles. The van der Waals surface area contributed by atoms with Crippen molar-refractivity contribution < 1.29 is 42.8 Å². The molecule has 0 atom stereocenters. The lowest BCUT2D eigenvalue weighted by Crippen LogP contribution is -2.09. The van der Waals surface area contributed by atoms with Gasteiger partial charge >= 0.3 is 17.9 Å². The summed E-state index contributed by atoms with van der Waals surface area (Å²) in [6, 6.07) is 7.08. The largest absolute Gasteiger partial charge is 0.493 e. The van der Waals surface area contributed by atoms with E-state index in [9.17, 15) is 14.4 Å². The third kappa shape index (κ3) is 8.15. The lowest BCUT2D eigenvalue weighted by atomic mass is 10.0. The van der Waals surface area contributed by atoms with Crippen LogP contribution in [0.3, 0.4) is 0 Å². The van der Waals surface area contributed by atoms with Crippen molar-refractivity contribution in [1.82, 2.24) is 0 Å². The highest BCUT2D eigenvalue weighted by Gasteiger charge is 2.17. The van der Waals surface area contributed by atoms with E-state index in [2.05, 4.69) is 15.9 Å². The maximum Gasteiger partial charge on any atom is 0.308 e. The number of hydrogen-bond donors (Lipinski definition) is 0. The Kier molecular flexibility index (Phi) is 11.5. The second kappa shape index (κ2) is 14.3.